The molecule has 0 unspecified atom stereocenters. The molecular weight excluding hydrogens is 362 g/mol. The minimum Gasteiger partial charge on any atom is -0.472 e. The van der Waals surface area contributed by atoms with Gasteiger partial charge in [0.15, 0.2) is 0 Å². The Labute approximate surface area is 142 Å². The van der Waals surface area contributed by atoms with E-state index in [1.807, 2.05) is 0 Å². The van der Waals surface area contributed by atoms with Crippen LogP contribution < -0.4 is 5.32 Å². The van der Waals surface area contributed by atoms with Gasteiger partial charge in [-0.25, -0.2) is 0 Å². The molecule has 0 aromatic carbocycles. The molecule has 7 heteroatoms. The maximum atomic E-state index is 12.2. The van der Waals surface area contributed by atoms with E-state index in [-0.39, 0.29) is 17.9 Å². The molecule has 6 nitrogen and oxygen atoms in total. The van der Waals surface area contributed by atoms with E-state index in [0.717, 1.165) is 17.3 Å². The number of carbonyl (C=O) groups excluding carboxylic acids is 2. The van der Waals surface area contributed by atoms with Crippen LogP contribution in [0.2, 0.25) is 0 Å². The highest BCUT2D eigenvalue weighted by Gasteiger charge is 2.25. The maximum Gasteiger partial charge on any atom is 0.257 e. The van der Waals surface area contributed by atoms with Gasteiger partial charge in [-0.1, -0.05) is 0 Å². The van der Waals surface area contributed by atoms with Gasteiger partial charge in [0.05, 0.1) is 17.4 Å². The fourth-order valence-corrected chi connectivity index (χ4v) is 2.97. The molecule has 0 spiro atoms. The third-order valence-corrected chi connectivity index (χ3v) is 4.29. The van der Waals surface area contributed by atoms with E-state index >= 15 is 0 Å². The van der Waals surface area contributed by atoms with Gasteiger partial charge in [0.1, 0.15) is 6.26 Å². The number of pyridine rings is 1. The van der Waals surface area contributed by atoms with Gasteiger partial charge in [-0.3, -0.25) is 14.6 Å². The van der Waals surface area contributed by atoms with Crippen molar-refractivity contribution in [2.24, 2.45) is 0 Å². The van der Waals surface area contributed by atoms with Crippen LogP contribution in [0.1, 0.15) is 33.6 Å². The Morgan fingerprint density at radius 3 is 2.70 bits per heavy atom. The Morgan fingerprint density at radius 2 is 2.04 bits per heavy atom. The van der Waals surface area contributed by atoms with Crippen LogP contribution in [0.4, 0.5) is 0 Å². The average Bonchev–Trinajstić information content (AvgIpc) is 3.09. The maximum absolute atomic E-state index is 12.2. The monoisotopic (exact) mass is 377 g/mol. The first-order valence-corrected chi connectivity index (χ1v) is 8.15. The van der Waals surface area contributed by atoms with E-state index in [4.69, 9.17) is 4.42 Å². The lowest BCUT2D eigenvalue weighted by Gasteiger charge is -2.32. The molecule has 1 aliphatic heterocycles. The highest BCUT2D eigenvalue weighted by atomic mass is 79.9. The predicted octanol–water partition coefficient (Wildman–Crippen LogP) is 2.47. The number of hydrogen-bond donors (Lipinski definition) is 1. The zero-order chi connectivity index (χ0) is 16.2. The average molecular weight is 378 g/mol. The van der Waals surface area contributed by atoms with Crippen LogP contribution in [-0.4, -0.2) is 40.8 Å². The van der Waals surface area contributed by atoms with Gasteiger partial charge < -0.3 is 14.6 Å². The summed E-state index contributed by atoms with van der Waals surface area (Å²) in [5.41, 5.74) is 1.09. The van der Waals surface area contributed by atoms with E-state index in [2.05, 4.69) is 26.2 Å². The minimum atomic E-state index is -0.140. The van der Waals surface area contributed by atoms with Crippen LogP contribution in [0, 0.1) is 0 Å². The second kappa shape index (κ2) is 6.95. The number of piperidine rings is 1. The Balaban J connectivity index is 1.53. The Kier molecular flexibility index (Phi) is 4.76. The SMILES string of the molecule is O=C(NC1CCN(C(=O)c2ccoc2)CC1)c1cncc(Br)c1. The molecule has 2 amide bonds. The molecule has 0 saturated carbocycles. The number of carbonyl (C=O) groups is 2. The summed E-state index contributed by atoms with van der Waals surface area (Å²) in [6.07, 6.45) is 7.59. The van der Waals surface area contributed by atoms with Crippen molar-refractivity contribution in [1.29, 1.82) is 0 Å². The fourth-order valence-electron chi connectivity index (χ4n) is 2.60. The first kappa shape index (κ1) is 15.7. The minimum absolute atomic E-state index is 0.0280. The van der Waals surface area contributed by atoms with Crippen LogP contribution in [-0.2, 0) is 0 Å². The summed E-state index contributed by atoms with van der Waals surface area (Å²) in [6.45, 7) is 1.23. The Morgan fingerprint density at radius 1 is 1.26 bits per heavy atom. The van der Waals surface area contributed by atoms with Crippen molar-refractivity contribution in [3.63, 3.8) is 0 Å². The van der Waals surface area contributed by atoms with E-state index in [9.17, 15) is 9.59 Å². The van der Waals surface area contributed by atoms with E-state index in [1.54, 1.807) is 23.2 Å². The second-order valence-electron chi connectivity index (χ2n) is 5.44. The van der Waals surface area contributed by atoms with Crippen LogP contribution in [0.15, 0.2) is 45.9 Å². The van der Waals surface area contributed by atoms with E-state index in [1.165, 1.54) is 18.7 Å². The van der Waals surface area contributed by atoms with Crippen molar-refractivity contribution in [1.82, 2.24) is 15.2 Å². The summed E-state index contributed by atoms with van der Waals surface area (Å²) in [5.74, 6) is -0.168. The third-order valence-electron chi connectivity index (χ3n) is 3.85. The zero-order valence-electron chi connectivity index (χ0n) is 12.4. The topological polar surface area (TPSA) is 75.4 Å². The number of furan rings is 1. The van der Waals surface area contributed by atoms with Crippen molar-refractivity contribution in [2.45, 2.75) is 18.9 Å². The van der Waals surface area contributed by atoms with Gasteiger partial charge in [0.2, 0.25) is 0 Å². The standard InChI is InChI=1S/C16H16BrN3O3/c17-13-7-12(8-18-9-13)15(21)19-14-1-4-20(5-2-14)16(22)11-3-6-23-10-11/h3,6-10,14H,1-2,4-5H2,(H,19,21). The molecule has 0 aliphatic carbocycles. The molecule has 1 aliphatic rings. The fraction of sp³-hybridized carbons (Fsp3) is 0.312. The van der Waals surface area contributed by atoms with Gasteiger partial charge in [-0.05, 0) is 40.9 Å². The molecule has 120 valence electrons. The Hall–Kier alpha value is -2.15. The summed E-state index contributed by atoms with van der Waals surface area (Å²) in [6, 6.07) is 3.46. The lowest BCUT2D eigenvalue weighted by atomic mass is 10.0. The molecule has 3 heterocycles. The lowest BCUT2D eigenvalue weighted by molar-refractivity contribution is 0.0697. The number of nitrogens with one attached hydrogen (secondary N) is 1. The van der Waals surface area contributed by atoms with E-state index in [0.29, 0.717) is 24.2 Å². The van der Waals surface area contributed by atoms with Crippen LogP contribution in [0.5, 0.6) is 0 Å². The third kappa shape index (κ3) is 3.79. The summed E-state index contributed by atoms with van der Waals surface area (Å²) < 4.78 is 5.71. The summed E-state index contributed by atoms with van der Waals surface area (Å²) in [4.78, 5) is 30.2. The molecular formula is C16H16BrN3O3. The van der Waals surface area contributed by atoms with Gasteiger partial charge in [-0.2, -0.15) is 0 Å². The molecule has 23 heavy (non-hydrogen) atoms. The summed E-state index contributed by atoms with van der Waals surface area (Å²) >= 11 is 3.30. The molecule has 1 N–H and O–H groups in total. The zero-order valence-corrected chi connectivity index (χ0v) is 14.0. The molecule has 0 bridgehead atoms. The molecule has 1 saturated heterocycles. The van der Waals surface area contributed by atoms with Crippen molar-refractivity contribution in [2.75, 3.05) is 13.1 Å². The van der Waals surface area contributed by atoms with Crippen LogP contribution >= 0.6 is 15.9 Å². The molecule has 1 fully saturated rings. The summed E-state index contributed by atoms with van der Waals surface area (Å²) in [7, 11) is 0. The van der Waals surface area contributed by atoms with Gasteiger partial charge >= 0.3 is 0 Å². The van der Waals surface area contributed by atoms with Crippen molar-refractivity contribution < 1.29 is 14.0 Å². The summed E-state index contributed by atoms with van der Waals surface area (Å²) in [5, 5.41) is 3.00. The largest absolute Gasteiger partial charge is 0.472 e. The van der Waals surface area contributed by atoms with Gasteiger partial charge in [-0.15, -0.1) is 0 Å². The molecule has 2 aromatic rings. The van der Waals surface area contributed by atoms with Crippen molar-refractivity contribution in [3.8, 4) is 0 Å². The smallest absolute Gasteiger partial charge is 0.257 e. The molecule has 3 rings (SSSR count). The second-order valence-corrected chi connectivity index (χ2v) is 6.36. The van der Waals surface area contributed by atoms with Gasteiger partial charge in [0, 0.05) is 36.0 Å². The number of rotatable bonds is 3. The normalized spacial score (nSPS) is 15.4. The quantitative estimate of drug-likeness (QED) is 0.891. The molecule has 0 atom stereocenters. The predicted molar refractivity (Wildman–Crippen MR) is 87.0 cm³/mol. The lowest BCUT2D eigenvalue weighted by Crippen LogP contribution is -2.46. The highest BCUT2D eigenvalue weighted by Crippen LogP contribution is 2.15. The van der Waals surface area contributed by atoms with Crippen molar-refractivity contribution in [3.05, 3.63) is 52.7 Å². The van der Waals surface area contributed by atoms with Crippen molar-refractivity contribution >= 4 is 27.7 Å². The number of nitrogens with zero attached hydrogens (tertiary/aromatic N) is 2. The molecule has 0 radical (unpaired) electrons. The number of amides is 2. The number of halogens is 1. The first-order chi connectivity index (χ1) is 11.1. The Bertz CT molecular complexity index is 694. The van der Waals surface area contributed by atoms with Gasteiger partial charge in [0.25, 0.3) is 11.8 Å². The highest BCUT2D eigenvalue weighted by molar-refractivity contribution is 9.10. The first-order valence-electron chi connectivity index (χ1n) is 7.36. The number of likely N-dealkylation sites (tertiary alicyclic amines) is 1. The van der Waals surface area contributed by atoms with Crippen LogP contribution in [0.25, 0.3) is 0 Å². The number of hydrogen-bond acceptors (Lipinski definition) is 4. The number of aromatic nitrogens is 1. The molecule has 2 aromatic heterocycles. The van der Waals surface area contributed by atoms with E-state index < -0.39 is 0 Å². The van der Waals surface area contributed by atoms with Crippen LogP contribution in [0.3, 0.4) is 0 Å².